The highest BCUT2D eigenvalue weighted by atomic mass is 35.5. The maximum absolute atomic E-state index is 13.0. The molecule has 0 amide bonds. The number of benzene rings is 1. The number of rotatable bonds is 2. The molecular weight excluding hydrogens is 309 g/mol. The molecule has 0 bridgehead atoms. The zero-order valence-electron chi connectivity index (χ0n) is 10.1. The van der Waals surface area contributed by atoms with Crippen LogP contribution < -0.4 is 10.5 Å². The summed E-state index contributed by atoms with van der Waals surface area (Å²) in [5.74, 6) is -1.04. The molecule has 108 valence electrons. The van der Waals surface area contributed by atoms with Crippen molar-refractivity contribution in [3.8, 4) is 17.7 Å². The summed E-state index contributed by atoms with van der Waals surface area (Å²) in [6.07, 6.45) is -3.59. The topological polar surface area (TPSA) is 84.8 Å². The molecule has 9 heteroatoms. The second-order valence-electron chi connectivity index (χ2n) is 3.80. The molecule has 0 spiro atoms. The first-order valence-corrected chi connectivity index (χ1v) is 5.76. The van der Waals surface area contributed by atoms with Crippen LogP contribution in [-0.2, 0) is 6.18 Å². The first-order valence-electron chi connectivity index (χ1n) is 5.38. The van der Waals surface area contributed by atoms with Crippen LogP contribution in [0.3, 0.4) is 0 Å². The second kappa shape index (κ2) is 5.46. The minimum Gasteiger partial charge on any atom is -0.437 e. The quantitative estimate of drug-likeness (QED) is 0.918. The summed E-state index contributed by atoms with van der Waals surface area (Å²) in [6, 6.07) is 4.49. The second-order valence-corrected chi connectivity index (χ2v) is 4.21. The lowest BCUT2D eigenvalue weighted by molar-refractivity contribution is -0.138. The Labute approximate surface area is 121 Å². The molecule has 1 aromatic heterocycles. The maximum atomic E-state index is 13.0. The molecule has 21 heavy (non-hydrogen) atoms. The molecule has 5 nitrogen and oxygen atoms in total. The summed E-state index contributed by atoms with van der Waals surface area (Å²) in [6.45, 7) is 0. The summed E-state index contributed by atoms with van der Waals surface area (Å²) in [5.41, 5.74) is 4.06. The Balaban J connectivity index is 2.49. The predicted octanol–water partition coefficient (Wildman–Crippen LogP) is 3.39. The molecule has 0 saturated heterocycles. The summed E-state index contributed by atoms with van der Waals surface area (Å²) < 4.78 is 44.0. The standard InChI is InChI=1S/C12H6ClF3N4O/c13-8-5-19-11(18)20-10(8)21-9-2-1-6(4-17)3-7(9)12(14,15)16/h1-3,5H,(H2,18,19,20). The zero-order valence-corrected chi connectivity index (χ0v) is 10.9. The Morgan fingerprint density at radius 3 is 2.67 bits per heavy atom. The molecule has 0 fully saturated rings. The van der Waals surface area contributed by atoms with Gasteiger partial charge in [-0.15, -0.1) is 0 Å². The molecule has 2 aromatic rings. The minimum atomic E-state index is -4.70. The van der Waals surface area contributed by atoms with Crippen molar-refractivity contribution in [1.82, 2.24) is 9.97 Å². The molecule has 0 radical (unpaired) electrons. The smallest absolute Gasteiger partial charge is 0.420 e. The Morgan fingerprint density at radius 2 is 2.05 bits per heavy atom. The van der Waals surface area contributed by atoms with Crippen molar-refractivity contribution in [2.24, 2.45) is 0 Å². The van der Waals surface area contributed by atoms with Crippen molar-refractivity contribution in [2.45, 2.75) is 6.18 Å². The molecule has 0 aliphatic rings. The molecule has 1 aromatic carbocycles. The van der Waals surface area contributed by atoms with E-state index in [0.29, 0.717) is 6.07 Å². The first kappa shape index (κ1) is 14.9. The van der Waals surface area contributed by atoms with E-state index >= 15 is 0 Å². The number of nitrogens with zero attached hydrogens (tertiary/aromatic N) is 3. The van der Waals surface area contributed by atoms with E-state index in [1.165, 1.54) is 6.07 Å². The van der Waals surface area contributed by atoms with Crippen LogP contribution in [0.1, 0.15) is 11.1 Å². The van der Waals surface area contributed by atoms with Gasteiger partial charge >= 0.3 is 6.18 Å². The van der Waals surface area contributed by atoms with Gasteiger partial charge in [0.05, 0.1) is 23.4 Å². The Hall–Kier alpha value is -2.53. The van der Waals surface area contributed by atoms with Crippen molar-refractivity contribution in [3.63, 3.8) is 0 Å². The minimum absolute atomic E-state index is 0.0957. The van der Waals surface area contributed by atoms with Crippen molar-refractivity contribution in [1.29, 1.82) is 5.26 Å². The maximum Gasteiger partial charge on any atom is 0.420 e. The molecule has 0 aliphatic carbocycles. The van der Waals surface area contributed by atoms with Gasteiger partial charge in [-0.3, -0.25) is 0 Å². The third-order valence-electron chi connectivity index (χ3n) is 2.35. The van der Waals surface area contributed by atoms with Gasteiger partial charge in [0.25, 0.3) is 0 Å². The largest absolute Gasteiger partial charge is 0.437 e. The average molecular weight is 315 g/mol. The highest BCUT2D eigenvalue weighted by Crippen LogP contribution is 2.39. The van der Waals surface area contributed by atoms with Crippen molar-refractivity contribution in [2.75, 3.05) is 5.73 Å². The van der Waals surface area contributed by atoms with Crippen molar-refractivity contribution < 1.29 is 17.9 Å². The van der Waals surface area contributed by atoms with Crippen LogP contribution >= 0.6 is 11.6 Å². The first-order chi connectivity index (χ1) is 9.81. The van der Waals surface area contributed by atoms with E-state index in [1.54, 1.807) is 6.07 Å². The SMILES string of the molecule is N#Cc1ccc(Oc2nc(N)ncc2Cl)c(C(F)(F)F)c1. The van der Waals surface area contributed by atoms with E-state index in [2.05, 4.69) is 9.97 Å². The highest BCUT2D eigenvalue weighted by molar-refractivity contribution is 6.31. The van der Waals surface area contributed by atoms with Crippen molar-refractivity contribution >= 4 is 17.5 Å². The van der Waals surface area contributed by atoms with E-state index in [1.807, 2.05) is 0 Å². The zero-order chi connectivity index (χ0) is 15.6. The summed E-state index contributed by atoms with van der Waals surface area (Å²) >= 11 is 5.73. The molecule has 1 heterocycles. The van der Waals surface area contributed by atoms with E-state index in [0.717, 1.165) is 12.3 Å². The van der Waals surface area contributed by atoms with Crippen LogP contribution in [0.15, 0.2) is 24.4 Å². The normalized spacial score (nSPS) is 11.0. The van der Waals surface area contributed by atoms with Crippen molar-refractivity contribution in [3.05, 3.63) is 40.5 Å². The van der Waals surface area contributed by atoms with Crippen LogP contribution in [0, 0.1) is 11.3 Å². The fourth-order valence-corrected chi connectivity index (χ4v) is 1.58. The van der Waals surface area contributed by atoms with E-state index in [9.17, 15) is 13.2 Å². The number of ether oxygens (including phenoxy) is 1. The number of nitrogens with two attached hydrogens (primary N) is 1. The van der Waals surface area contributed by atoms with Gasteiger partial charge in [0, 0.05) is 0 Å². The van der Waals surface area contributed by atoms with Crippen LogP contribution in [0.5, 0.6) is 11.6 Å². The van der Waals surface area contributed by atoms with Gasteiger partial charge in [0.2, 0.25) is 11.8 Å². The fraction of sp³-hybridized carbons (Fsp3) is 0.0833. The number of anilines is 1. The third kappa shape index (κ3) is 3.32. The Kier molecular flexibility index (Phi) is 3.86. The molecule has 0 atom stereocenters. The molecule has 0 saturated carbocycles. The molecule has 2 N–H and O–H groups in total. The van der Waals surface area contributed by atoms with E-state index in [4.69, 9.17) is 27.3 Å². The predicted molar refractivity (Wildman–Crippen MR) is 67.7 cm³/mol. The summed E-state index contributed by atoms with van der Waals surface area (Å²) in [5, 5.41) is 8.58. The number of nitriles is 1. The van der Waals surface area contributed by atoms with Gasteiger partial charge in [-0.2, -0.15) is 23.4 Å². The van der Waals surface area contributed by atoms with Gasteiger partial charge in [-0.1, -0.05) is 11.6 Å². The lowest BCUT2D eigenvalue weighted by Crippen LogP contribution is -2.08. The number of hydrogen-bond donors (Lipinski definition) is 1. The molecule has 0 unspecified atom stereocenters. The molecule has 2 rings (SSSR count). The van der Waals surface area contributed by atoms with Crippen LogP contribution in [-0.4, -0.2) is 9.97 Å². The third-order valence-corrected chi connectivity index (χ3v) is 2.61. The van der Waals surface area contributed by atoms with Crippen LogP contribution in [0.2, 0.25) is 5.02 Å². The average Bonchev–Trinajstić information content (AvgIpc) is 2.42. The number of aromatic nitrogens is 2. The van der Waals surface area contributed by atoms with Gasteiger partial charge in [-0.25, -0.2) is 4.98 Å². The lowest BCUT2D eigenvalue weighted by Gasteiger charge is -2.14. The lowest BCUT2D eigenvalue weighted by atomic mass is 10.1. The Bertz CT molecular complexity index is 727. The molecular formula is C12H6ClF3N4O. The number of nitrogen functional groups attached to an aromatic ring is 1. The van der Waals surface area contributed by atoms with Gasteiger partial charge in [-0.05, 0) is 18.2 Å². The molecule has 0 aliphatic heterocycles. The fourth-order valence-electron chi connectivity index (χ4n) is 1.45. The number of hydrogen-bond acceptors (Lipinski definition) is 5. The summed E-state index contributed by atoms with van der Waals surface area (Å²) in [4.78, 5) is 7.18. The van der Waals surface area contributed by atoms with Crippen LogP contribution in [0.25, 0.3) is 0 Å². The van der Waals surface area contributed by atoms with Gasteiger partial charge in [0.15, 0.2) is 0 Å². The number of halogens is 4. The monoisotopic (exact) mass is 314 g/mol. The Morgan fingerprint density at radius 1 is 1.33 bits per heavy atom. The van der Waals surface area contributed by atoms with Gasteiger partial charge in [0.1, 0.15) is 10.8 Å². The number of alkyl halides is 3. The highest BCUT2D eigenvalue weighted by Gasteiger charge is 2.35. The van der Waals surface area contributed by atoms with Crippen LogP contribution in [0.4, 0.5) is 19.1 Å². The summed E-state index contributed by atoms with van der Waals surface area (Å²) in [7, 11) is 0. The van der Waals surface area contributed by atoms with E-state index < -0.39 is 17.5 Å². The van der Waals surface area contributed by atoms with Gasteiger partial charge < -0.3 is 10.5 Å². The van der Waals surface area contributed by atoms with E-state index in [-0.39, 0.29) is 22.4 Å².